The van der Waals surface area contributed by atoms with Crippen molar-refractivity contribution in [3.63, 3.8) is 0 Å². The van der Waals surface area contributed by atoms with Crippen molar-refractivity contribution < 1.29 is 5.11 Å². The van der Waals surface area contributed by atoms with Crippen LogP contribution in [0.4, 0.5) is 11.5 Å². The minimum absolute atomic E-state index is 0.224. The van der Waals surface area contributed by atoms with Crippen molar-refractivity contribution in [1.29, 1.82) is 0 Å². The number of pyridine rings is 1. The highest BCUT2D eigenvalue weighted by atomic mass is 16.3. The van der Waals surface area contributed by atoms with Gasteiger partial charge in [0.1, 0.15) is 11.6 Å². The van der Waals surface area contributed by atoms with Crippen molar-refractivity contribution in [1.82, 2.24) is 10.3 Å². The van der Waals surface area contributed by atoms with Gasteiger partial charge >= 0.3 is 0 Å². The van der Waals surface area contributed by atoms with Crippen molar-refractivity contribution in [2.45, 2.75) is 25.3 Å². The molecule has 1 unspecified atom stereocenters. The first-order valence-electron chi connectivity index (χ1n) is 9.79. The van der Waals surface area contributed by atoms with Gasteiger partial charge in [-0.3, -0.25) is 0 Å². The molecule has 1 fully saturated rings. The standard InChI is InChI=1S/C23H26N4O/c24-22-19(17-9-6-12-25-15-17)13-20(18-10-4-5-11-21(18)28)27-23(22)26-14-16-7-2-1-3-8-16/h1-5,7-8,10-11,13,17,25,28H,6,9,12,14-15,24H2,(H,26,27). The number of phenols is 1. The number of benzene rings is 2. The van der Waals surface area contributed by atoms with Gasteiger partial charge in [0, 0.05) is 18.7 Å². The molecule has 1 aliphatic heterocycles. The van der Waals surface area contributed by atoms with Crippen LogP contribution in [0.15, 0.2) is 60.7 Å². The van der Waals surface area contributed by atoms with Crippen LogP contribution in [0, 0.1) is 0 Å². The van der Waals surface area contributed by atoms with E-state index in [0.29, 0.717) is 24.0 Å². The normalized spacial score (nSPS) is 16.6. The summed E-state index contributed by atoms with van der Waals surface area (Å²) in [4.78, 5) is 4.76. The van der Waals surface area contributed by atoms with E-state index in [9.17, 15) is 5.11 Å². The summed E-state index contributed by atoms with van der Waals surface area (Å²) in [5.41, 5.74) is 11.0. The number of nitrogens with one attached hydrogen (secondary N) is 2. The van der Waals surface area contributed by atoms with E-state index < -0.39 is 0 Å². The second-order valence-electron chi connectivity index (χ2n) is 7.26. The smallest absolute Gasteiger partial charge is 0.150 e. The van der Waals surface area contributed by atoms with E-state index in [1.54, 1.807) is 6.07 Å². The van der Waals surface area contributed by atoms with E-state index in [1.165, 1.54) is 0 Å². The number of hydrogen-bond donors (Lipinski definition) is 4. The molecular formula is C23H26N4O. The minimum Gasteiger partial charge on any atom is -0.507 e. The van der Waals surface area contributed by atoms with Gasteiger partial charge in [-0.1, -0.05) is 42.5 Å². The minimum atomic E-state index is 0.224. The number of phenolic OH excluding ortho intramolecular Hbond substituents is 1. The Balaban J connectivity index is 1.73. The molecular weight excluding hydrogens is 348 g/mol. The predicted octanol–water partition coefficient (Wildman–Crippen LogP) is 4.12. The van der Waals surface area contributed by atoms with Gasteiger partial charge in [-0.25, -0.2) is 4.98 Å². The Bertz CT molecular complexity index is 937. The van der Waals surface area contributed by atoms with Crippen molar-refractivity contribution >= 4 is 11.5 Å². The van der Waals surface area contributed by atoms with Crippen molar-refractivity contribution in [3.8, 4) is 17.0 Å². The monoisotopic (exact) mass is 374 g/mol. The number of nitrogens with two attached hydrogens (primary N) is 1. The van der Waals surface area contributed by atoms with Crippen molar-refractivity contribution in [2.24, 2.45) is 0 Å². The molecule has 5 nitrogen and oxygen atoms in total. The number of rotatable bonds is 5. The van der Waals surface area contributed by atoms with Gasteiger partial charge in [0.05, 0.1) is 11.4 Å². The molecule has 5 heteroatoms. The molecule has 1 aromatic heterocycles. The summed E-state index contributed by atoms with van der Waals surface area (Å²) in [7, 11) is 0. The summed E-state index contributed by atoms with van der Waals surface area (Å²) < 4.78 is 0. The second-order valence-corrected chi connectivity index (χ2v) is 7.26. The highest BCUT2D eigenvalue weighted by Gasteiger charge is 2.22. The topological polar surface area (TPSA) is 83.2 Å². The Hall–Kier alpha value is -3.05. The number of aromatic nitrogens is 1. The number of anilines is 2. The molecule has 5 N–H and O–H groups in total. The fourth-order valence-electron chi connectivity index (χ4n) is 3.77. The number of aromatic hydroxyl groups is 1. The Kier molecular flexibility index (Phi) is 5.44. The number of para-hydroxylation sites is 1. The molecule has 1 aliphatic rings. The molecule has 2 aromatic carbocycles. The maximum Gasteiger partial charge on any atom is 0.150 e. The van der Waals surface area contributed by atoms with E-state index in [1.807, 2.05) is 42.5 Å². The van der Waals surface area contributed by atoms with Crippen LogP contribution in [-0.2, 0) is 6.54 Å². The van der Waals surface area contributed by atoms with Gasteiger partial charge in [0.2, 0.25) is 0 Å². The van der Waals surface area contributed by atoms with E-state index >= 15 is 0 Å². The Labute approximate surface area is 165 Å². The summed E-state index contributed by atoms with van der Waals surface area (Å²) in [6, 6.07) is 19.5. The molecule has 0 spiro atoms. The third-order valence-electron chi connectivity index (χ3n) is 5.31. The van der Waals surface area contributed by atoms with Crippen LogP contribution in [0.25, 0.3) is 11.3 Å². The highest BCUT2D eigenvalue weighted by Crippen LogP contribution is 2.37. The largest absolute Gasteiger partial charge is 0.507 e. The molecule has 0 saturated carbocycles. The average molecular weight is 374 g/mol. The van der Waals surface area contributed by atoms with E-state index in [4.69, 9.17) is 10.7 Å². The van der Waals surface area contributed by atoms with E-state index in [-0.39, 0.29) is 5.75 Å². The number of hydrogen-bond acceptors (Lipinski definition) is 5. The number of nitrogens with zero attached hydrogens (tertiary/aromatic N) is 1. The maximum absolute atomic E-state index is 10.3. The van der Waals surface area contributed by atoms with Gasteiger partial charge in [-0.15, -0.1) is 0 Å². The van der Waals surface area contributed by atoms with Gasteiger partial charge < -0.3 is 21.5 Å². The average Bonchev–Trinajstić information content (AvgIpc) is 2.75. The molecule has 1 saturated heterocycles. The lowest BCUT2D eigenvalue weighted by atomic mass is 9.89. The Morgan fingerprint density at radius 2 is 1.89 bits per heavy atom. The Morgan fingerprint density at radius 3 is 2.64 bits per heavy atom. The number of piperidine rings is 1. The first-order valence-corrected chi connectivity index (χ1v) is 9.79. The van der Waals surface area contributed by atoms with Crippen LogP contribution in [-0.4, -0.2) is 23.2 Å². The lowest BCUT2D eigenvalue weighted by molar-refractivity contribution is 0.462. The van der Waals surface area contributed by atoms with Crippen LogP contribution < -0.4 is 16.4 Å². The van der Waals surface area contributed by atoms with Crippen LogP contribution in [0.2, 0.25) is 0 Å². The molecule has 3 aromatic rings. The first-order chi connectivity index (χ1) is 13.7. The molecule has 1 atom stereocenters. The molecule has 144 valence electrons. The highest BCUT2D eigenvalue weighted by molar-refractivity contribution is 5.76. The Morgan fingerprint density at radius 1 is 1.11 bits per heavy atom. The quantitative estimate of drug-likeness (QED) is 0.540. The zero-order chi connectivity index (χ0) is 19.3. The lowest BCUT2D eigenvalue weighted by Crippen LogP contribution is -2.29. The molecule has 0 radical (unpaired) electrons. The summed E-state index contributed by atoms with van der Waals surface area (Å²) in [5, 5.41) is 17.2. The van der Waals surface area contributed by atoms with Gasteiger partial charge in [-0.2, -0.15) is 0 Å². The number of nitrogen functional groups attached to an aromatic ring is 1. The third kappa shape index (κ3) is 3.94. The van der Waals surface area contributed by atoms with Crippen LogP contribution >= 0.6 is 0 Å². The predicted molar refractivity (Wildman–Crippen MR) is 114 cm³/mol. The zero-order valence-corrected chi connectivity index (χ0v) is 15.9. The zero-order valence-electron chi connectivity index (χ0n) is 15.9. The summed E-state index contributed by atoms with van der Waals surface area (Å²) in [6.45, 7) is 2.60. The molecule has 0 amide bonds. The fourth-order valence-corrected chi connectivity index (χ4v) is 3.77. The summed E-state index contributed by atoms with van der Waals surface area (Å²) >= 11 is 0. The van der Waals surface area contributed by atoms with E-state index in [0.717, 1.165) is 48.3 Å². The van der Waals surface area contributed by atoms with Crippen molar-refractivity contribution in [2.75, 3.05) is 24.1 Å². The molecule has 28 heavy (non-hydrogen) atoms. The second kappa shape index (κ2) is 8.31. The first kappa shape index (κ1) is 18.3. The third-order valence-corrected chi connectivity index (χ3v) is 5.31. The molecule has 4 rings (SSSR count). The SMILES string of the molecule is Nc1c(C2CCCNC2)cc(-c2ccccc2O)nc1NCc1ccccc1. The molecule has 2 heterocycles. The van der Waals surface area contributed by atoms with Gasteiger partial charge in [0.25, 0.3) is 0 Å². The van der Waals surface area contributed by atoms with Gasteiger partial charge in [0.15, 0.2) is 0 Å². The van der Waals surface area contributed by atoms with E-state index in [2.05, 4.69) is 22.8 Å². The summed E-state index contributed by atoms with van der Waals surface area (Å²) in [5.74, 6) is 1.24. The van der Waals surface area contributed by atoms with Crippen LogP contribution in [0.1, 0.15) is 29.9 Å². The van der Waals surface area contributed by atoms with Crippen molar-refractivity contribution in [3.05, 3.63) is 71.8 Å². The summed E-state index contributed by atoms with van der Waals surface area (Å²) in [6.07, 6.45) is 2.23. The van der Waals surface area contributed by atoms with Gasteiger partial charge in [-0.05, 0) is 54.6 Å². The maximum atomic E-state index is 10.3. The lowest BCUT2D eigenvalue weighted by Gasteiger charge is -2.26. The molecule has 0 aliphatic carbocycles. The van der Waals surface area contributed by atoms with Crippen LogP contribution in [0.5, 0.6) is 5.75 Å². The molecule has 0 bridgehead atoms. The fraction of sp³-hybridized carbons (Fsp3) is 0.261. The van der Waals surface area contributed by atoms with Crippen LogP contribution in [0.3, 0.4) is 0 Å².